The summed E-state index contributed by atoms with van der Waals surface area (Å²) in [6.45, 7) is 6.74. The van der Waals surface area contributed by atoms with E-state index >= 15 is 0 Å². The fourth-order valence-corrected chi connectivity index (χ4v) is 1.77. The lowest BCUT2D eigenvalue weighted by molar-refractivity contribution is -0.184. The predicted molar refractivity (Wildman–Crippen MR) is 68.4 cm³/mol. The van der Waals surface area contributed by atoms with Gasteiger partial charge in [-0.1, -0.05) is 13.8 Å². The summed E-state index contributed by atoms with van der Waals surface area (Å²) < 4.78 is 14.7. The van der Waals surface area contributed by atoms with Crippen molar-refractivity contribution in [2.45, 2.75) is 33.3 Å². The van der Waals surface area contributed by atoms with E-state index in [0.29, 0.717) is 0 Å². The van der Waals surface area contributed by atoms with Gasteiger partial charge in [0.15, 0.2) is 5.92 Å². The standard InChI is InChI=1S/C13H24O6/c1-6-18-11(14)10(12(15)19-7-2)13(16,8-17-5)9(3)4/h9-10,16H,6-8H2,1-5H3. The van der Waals surface area contributed by atoms with Crippen LogP contribution in [0.15, 0.2) is 0 Å². The first-order chi connectivity index (χ1) is 8.84. The second kappa shape index (κ2) is 8.12. The Morgan fingerprint density at radius 3 is 1.79 bits per heavy atom. The smallest absolute Gasteiger partial charge is 0.323 e. The van der Waals surface area contributed by atoms with Gasteiger partial charge in [-0.2, -0.15) is 0 Å². The summed E-state index contributed by atoms with van der Waals surface area (Å²) in [7, 11) is 1.39. The third-order valence-electron chi connectivity index (χ3n) is 2.92. The Hall–Kier alpha value is -1.14. The Bertz CT molecular complexity index is 284. The van der Waals surface area contributed by atoms with Crippen LogP contribution in [0.4, 0.5) is 0 Å². The molecule has 1 unspecified atom stereocenters. The number of carbonyl (C=O) groups is 2. The molecule has 0 saturated heterocycles. The van der Waals surface area contributed by atoms with Crippen molar-refractivity contribution in [2.24, 2.45) is 11.8 Å². The molecule has 0 saturated carbocycles. The maximum absolute atomic E-state index is 11.9. The maximum Gasteiger partial charge on any atom is 0.323 e. The van der Waals surface area contributed by atoms with Crippen molar-refractivity contribution in [3.63, 3.8) is 0 Å². The zero-order valence-electron chi connectivity index (χ0n) is 12.3. The Morgan fingerprint density at radius 2 is 1.53 bits per heavy atom. The van der Waals surface area contributed by atoms with Gasteiger partial charge < -0.3 is 19.3 Å². The van der Waals surface area contributed by atoms with Gasteiger partial charge in [0.1, 0.15) is 5.60 Å². The summed E-state index contributed by atoms with van der Waals surface area (Å²) in [5.74, 6) is -3.39. The molecule has 0 aliphatic carbocycles. The molecule has 0 aliphatic rings. The summed E-state index contributed by atoms with van der Waals surface area (Å²) in [5.41, 5.74) is -1.66. The van der Waals surface area contributed by atoms with Crippen LogP contribution in [0.25, 0.3) is 0 Å². The lowest BCUT2D eigenvalue weighted by Crippen LogP contribution is -2.54. The van der Waals surface area contributed by atoms with Crippen LogP contribution in [0.5, 0.6) is 0 Å². The molecule has 0 aliphatic heterocycles. The van der Waals surface area contributed by atoms with Gasteiger partial charge in [-0.05, 0) is 19.8 Å². The minimum atomic E-state index is -1.66. The molecule has 0 amide bonds. The van der Waals surface area contributed by atoms with E-state index in [2.05, 4.69) is 0 Å². The van der Waals surface area contributed by atoms with Crippen LogP contribution in [-0.4, -0.2) is 49.6 Å². The first-order valence-corrected chi connectivity index (χ1v) is 6.39. The minimum Gasteiger partial charge on any atom is -0.465 e. The van der Waals surface area contributed by atoms with Crippen LogP contribution in [0, 0.1) is 11.8 Å². The molecule has 0 bridgehead atoms. The first kappa shape index (κ1) is 17.9. The topological polar surface area (TPSA) is 82.1 Å². The second-order valence-electron chi connectivity index (χ2n) is 4.52. The van der Waals surface area contributed by atoms with Gasteiger partial charge >= 0.3 is 11.9 Å². The third kappa shape index (κ3) is 4.47. The largest absolute Gasteiger partial charge is 0.465 e. The summed E-state index contributed by atoms with van der Waals surface area (Å²) in [4.78, 5) is 23.9. The molecule has 0 radical (unpaired) electrons. The second-order valence-corrected chi connectivity index (χ2v) is 4.52. The highest BCUT2D eigenvalue weighted by Crippen LogP contribution is 2.29. The molecule has 0 aromatic carbocycles. The molecule has 1 N–H and O–H groups in total. The molecule has 0 fully saturated rings. The van der Waals surface area contributed by atoms with Gasteiger partial charge in [0, 0.05) is 7.11 Å². The Kier molecular flexibility index (Phi) is 7.63. The van der Waals surface area contributed by atoms with E-state index in [9.17, 15) is 14.7 Å². The van der Waals surface area contributed by atoms with E-state index in [1.165, 1.54) is 7.11 Å². The number of hydrogen-bond donors (Lipinski definition) is 1. The zero-order chi connectivity index (χ0) is 15.1. The van der Waals surface area contributed by atoms with Gasteiger partial charge in [-0.25, -0.2) is 0 Å². The SMILES string of the molecule is CCOC(=O)C(C(=O)OCC)C(O)(COC)C(C)C. The molecule has 1 atom stereocenters. The lowest BCUT2D eigenvalue weighted by Gasteiger charge is -2.35. The van der Waals surface area contributed by atoms with Crippen LogP contribution >= 0.6 is 0 Å². The lowest BCUT2D eigenvalue weighted by atomic mass is 9.79. The molecule has 0 heterocycles. The number of ether oxygens (including phenoxy) is 3. The van der Waals surface area contributed by atoms with Gasteiger partial charge in [0.25, 0.3) is 0 Å². The number of aliphatic hydroxyl groups is 1. The van der Waals surface area contributed by atoms with Crippen molar-refractivity contribution in [3.05, 3.63) is 0 Å². The quantitative estimate of drug-likeness (QED) is 0.520. The average molecular weight is 276 g/mol. The number of carbonyl (C=O) groups excluding carboxylic acids is 2. The molecule has 6 nitrogen and oxygen atoms in total. The summed E-state index contributed by atoms with van der Waals surface area (Å²) >= 11 is 0. The monoisotopic (exact) mass is 276 g/mol. The Labute approximate surface area is 114 Å². The molecule has 6 heteroatoms. The molecule has 0 aromatic rings. The molecule has 19 heavy (non-hydrogen) atoms. The van der Waals surface area contributed by atoms with Gasteiger partial charge in [0.05, 0.1) is 19.8 Å². The van der Waals surface area contributed by atoms with Crippen molar-refractivity contribution < 1.29 is 28.9 Å². The van der Waals surface area contributed by atoms with Crippen molar-refractivity contribution in [3.8, 4) is 0 Å². The van der Waals surface area contributed by atoms with Crippen molar-refractivity contribution in [1.82, 2.24) is 0 Å². The van der Waals surface area contributed by atoms with Crippen molar-refractivity contribution >= 4 is 11.9 Å². The van der Waals surface area contributed by atoms with E-state index in [1.54, 1.807) is 27.7 Å². The minimum absolute atomic E-state index is 0.121. The highest BCUT2D eigenvalue weighted by Gasteiger charge is 2.50. The number of hydrogen-bond acceptors (Lipinski definition) is 6. The van der Waals surface area contributed by atoms with Gasteiger partial charge in [0.2, 0.25) is 0 Å². The van der Waals surface area contributed by atoms with Gasteiger partial charge in [-0.15, -0.1) is 0 Å². The zero-order valence-corrected chi connectivity index (χ0v) is 12.3. The van der Waals surface area contributed by atoms with E-state index in [4.69, 9.17) is 14.2 Å². The molecule has 0 aromatic heterocycles. The van der Waals surface area contributed by atoms with E-state index in [1.807, 2.05) is 0 Å². The highest BCUT2D eigenvalue weighted by atomic mass is 16.6. The van der Waals surface area contributed by atoms with Crippen molar-refractivity contribution in [2.75, 3.05) is 26.9 Å². The molecular formula is C13H24O6. The van der Waals surface area contributed by atoms with Crippen LogP contribution < -0.4 is 0 Å². The highest BCUT2D eigenvalue weighted by molar-refractivity contribution is 5.96. The summed E-state index contributed by atoms with van der Waals surface area (Å²) in [6, 6.07) is 0. The Balaban J connectivity index is 5.39. The van der Waals surface area contributed by atoms with Crippen LogP contribution in [0.2, 0.25) is 0 Å². The van der Waals surface area contributed by atoms with Crippen LogP contribution in [0.3, 0.4) is 0 Å². The maximum atomic E-state index is 11.9. The molecule has 0 spiro atoms. The first-order valence-electron chi connectivity index (χ1n) is 6.39. The van der Waals surface area contributed by atoms with E-state index in [0.717, 1.165) is 0 Å². The summed E-state index contributed by atoms with van der Waals surface area (Å²) in [5, 5.41) is 10.6. The summed E-state index contributed by atoms with van der Waals surface area (Å²) in [6.07, 6.45) is 0. The number of rotatable bonds is 8. The van der Waals surface area contributed by atoms with Crippen LogP contribution in [-0.2, 0) is 23.8 Å². The van der Waals surface area contributed by atoms with Crippen molar-refractivity contribution in [1.29, 1.82) is 0 Å². The molecular weight excluding hydrogens is 252 g/mol. The van der Waals surface area contributed by atoms with Crippen LogP contribution in [0.1, 0.15) is 27.7 Å². The van der Waals surface area contributed by atoms with Gasteiger partial charge in [-0.3, -0.25) is 9.59 Å². The fraction of sp³-hybridized carbons (Fsp3) is 0.846. The van der Waals surface area contributed by atoms with E-state index in [-0.39, 0.29) is 25.7 Å². The number of methoxy groups -OCH3 is 1. The Morgan fingerprint density at radius 1 is 1.11 bits per heavy atom. The third-order valence-corrected chi connectivity index (χ3v) is 2.92. The molecule has 0 rings (SSSR count). The fourth-order valence-electron chi connectivity index (χ4n) is 1.77. The predicted octanol–water partition coefficient (Wildman–Crippen LogP) is 0.762. The van der Waals surface area contributed by atoms with E-state index < -0.39 is 23.5 Å². The molecule has 112 valence electrons. The normalized spacial score (nSPS) is 14.3. The number of esters is 2. The average Bonchev–Trinajstić information content (AvgIpc) is 2.29.